The van der Waals surface area contributed by atoms with Crippen LogP contribution < -0.4 is 10.6 Å². The molecule has 2 rings (SSSR count). The molecule has 0 heterocycles. The van der Waals surface area contributed by atoms with E-state index in [0.29, 0.717) is 5.56 Å². The highest BCUT2D eigenvalue weighted by atomic mass is 79.9. The van der Waals surface area contributed by atoms with Crippen molar-refractivity contribution in [3.63, 3.8) is 0 Å². The number of nitrogens with one attached hydrogen (secondary N) is 2. The zero-order valence-electron chi connectivity index (χ0n) is 18.7. The number of amides is 2. The Morgan fingerprint density at radius 2 is 1.62 bits per heavy atom. The van der Waals surface area contributed by atoms with Crippen LogP contribution in [0, 0.1) is 0 Å². The molecule has 0 bridgehead atoms. The topological polar surface area (TPSA) is 58.2 Å². The van der Waals surface area contributed by atoms with Crippen molar-refractivity contribution in [1.82, 2.24) is 10.6 Å². The van der Waals surface area contributed by atoms with Gasteiger partial charge in [-0.2, -0.15) is 26.3 Å². The van der Waals surface area contributed by atoms with Crippen LogP contribution in [0.4, 0.5) is 26.3 Å². The van der Waals surface area contributed by atoms with Gasteiger partial charge in [0.2, 0.25) is 5.91 Å². The molecule has 4 nitrogen and oxygen atoms in total. The molecule has 0 spiro atoms. The fourth-order valence-corrected chi connectivity index (χ4v) is 4.28. The normalized spacial score (nSPS) is 13.9. The lowest BCUT2D eigenvalue weighted by Crippen LogP contribution is -2.48. The highest BCUT2D eigenvalue weighted by molar-refractivity contribution is 9.10. The summed E-state index contributed by atoms with van der Waals surface area (Å²) in [6.45, 7) is -0.0462. The van der Waals surface area contributed by atoms with Gasteiger partial charge in [-0.05, 0) is 57.7 Å². The Hall–Kier alpha value is -1.95. The second-order valence-corrected chi connectivity index (χ2v) is 9.73. The monoisotopic (exact) mass is 652 g/mol. The van der Waals surface area contributed by atoms with Gasteiger partial charge in [-0.25, -0.2) is 0 Å². The van der Waals surface area contributed by atoms with Gasteiger partial charge < -0.3 is 10.6 Å². The average molecular weight is 655 g/mol. The zero-order chi connectivity index (χ0) is 28.1. The molecule has 2 atom stereocenters. The summed E-state index contributed by atoms with van der Waals surface area (Å²) in [7, 11) is 0. The van der Waals surface area contributed by atoms with E-state index in [9.17, 15) is 35.9 Å². The van der Waals surface area contributed by atoms with Crippen LogP contribution in [-0.4, -0.2) is 36.8 Å². The van der Waals surface area contributed by atoms with E-state index in [4.69, 9.17) is 34.8 Å². The minimum absolute atomic E-state index is 0.0165. The van der Waals surface area contributed by atoms with E-state index >= 15 is 0 Å². The number of rotatable bonds is 8. The van der Waals surface area contributed by atoms with Crippen molar-refractivity contribution >= 4 is 68.6 Å². The Labute approximate surface area is 231 Å². The largest absolute Gasteiger partial charge is 0.405 e. The van der Waals surface area contributed by atoms with E-state index in [0.717, 1.165) is 18.2 Å². The van der Waals surface area contributed by atoms with Gasteiger partial charge in [0.05, 0.1) is 26.5 Å². The third-order valence-corrected chi connectivity index (χ3v) is 6.78. The maximum absolute atomic E-state index is 13.7. The molecular weight excluding hydrogens is 637 g/mol. The summed E-state index contributed by atoms with van der Waals surface area (Å²) in [5.41, 5.74) is 0.0780. The third-order valence-electron chi connectivity index (χ3n) is 4.93. The first-order valence-corrected chi connectivity index (χ1v) is 12.3. The Balaban J connectivity index is 2.22. The first-order chi connectivity index (χ1) is 17.0. The van der Waals surface area contributed by atoms with Gasteiger partial charge in [-0.1, -0.05) is 59.9 Å². The minimum Gasteiger partial charge on any atom is -0.345 e. The molecule has 0 saturated heterocycles. The molecule has 2 aromatic rings. The molecule has 0 aromatic heterocycles. The van der Waals surface area contributed by atoms with Crippen LogP contribution in [0.1, 0.15) is 40.7 Å². The molecule has 14 heteroatoms. The van der Waals surface area contributed by atoms with Crippen molar-refractivity contribution in [2.24, 2.45) is 0 Å². The van der Waals surface area contributed by atoms with Gasteiger partial charge in [0.25, 0.3) is 5.91 Å². The Bertz CT molecular complexity index is 1170. The van der Waals surface area contributed by atoms with Crippen LogP contribution in [0.2, 0.25) is 15.1 Å². The number of allylic oxidation sites excluding steroid dienone is 1. The molecule has 0 aliphatic carbocycles. The van der Waals surface area contributed by atoms with E-state index in [-0.39, 0.29) is 37.1 Å². The van der Waals surface area contributed by atoms with E-state index < -0.39 is 42.7 Å². The maximum Gasteiger partial charge on any atom is 0.405 e. The minimum atomic E-state index is -4.68. The lowest BCUT2D eigenvalue weighted by Gasteiger charge is -2.19. The molecule has 0 aliphatic heterocycles. The van der Waals surface area contributed by atoms with Gasteiger partial charge in [-0.3, -0.25) is 9.59 Å². The van der Waals surface area contributed by atoms with E-state index in [1.165, 1.54) is 31.2 Å². The third kappa shape index (κ3) is 9.08. The number of alkyl halides is 6. The lowest BCUT2D eigenvalue weighted by molar-refractivity contribution is -0.139. The summed E-state index contributed by atoms with van der Waals surface area (Å²) in [5.74, 6) is -3.85. The number of carbonyl (C=O) groups excluding carboxylic acids is 2. The summed E-state index contributed by atoms with van der Waals surface area (Å²) in [4.78, 5) is 24.6. The van der Waals surface area contributed by atoms with E-state index in [1.807, 2.05) is 0 Å². The molecule has 2 N–H and O–H groups in total. The summed E-state index contributed by atoms with van der Waals surface area (Å²) >= 11 is 20.7. The van der Waals surface area contributed by atoms with Gasteiger partial charge in [0, 0.05) is 4.47 Å². The Morgan fingerprint density at radius 3 is 2.11 bits per heavy atom. The quantitative estimate of drug-likeness (QED) is 0.224. The molecule has 0 radical (unpaired) electrons. The fraction of sp³-hybridized carbons (Fsp3) is 0.304. The molecule has 2 aromatic carbocycles. The molecule has 0 saturated carbocycles. The van der Waals surface area contributed by atoms with Crippen molar-refractivity contribution in [3.8, 4) is 0 Å². The Kier molecular flexibility index (Phi) is 10.8. The molecule has 0 fully saturated rings. The van der Waals surface area contributed by atoms with Crippen molar-refractivity contribution in [2.75, 3.05) is 6.54 Å². The number of carbonyl (C=O) groups is 2. The predicted octanol–water partition coefficient (Wildman–Crippen LogP) is 7.96. The van der Waals surface area contributed by atoms with E-state index in [1.54, 1.807) is 5.32 Å². The molecule has 202 valence electrons. The first kappa shape index (κ1) is 31.3. The smallest absolute Gasteiger partial charge is 0.345 e. The fourth-order valence-electron chi connectivity index (χ4n) is 3.09. The van der Waals surface area contributed by atoms with Crippen molar-refractivity contribution in [1.29, 1.82) is 0 Å². The van der Waals surface area contributed by atoms with Gasteiger partial charge in [0.15, 0.2) is 0 Å². The standard InChI is InChI=1S/C23H18BrCl3F6N2O2/c1-2-18(21(37)34-10-22(28,29)30)35-20(36)13-5-3-11(7-15(13)24)4-6-14(23(31,32)33)12-8-16(25)19(27)17(26)9-12/h3-9,14,18H,2,10H2,1H3,(H,34,37)(H,35,36)/b6-4+. The Morgan fingerprint density at radius 1 is 1.03 bits per heavy atom. The van der Waals surface area contributed by atoms with Crippen molar-refractivity contribution in [3.05, 3.63) is 72.6 Å². The first-order valence-electron chi connectivity index (χ1n) is 10.4. The van der Waals surface area contributed by atoms with Crippen LogP contribution in [0.3, 0.4) is 0 Å². The average Bonchev–Trinajstić information content (AvgIpc) is 2.78. The summed E-state index contributed by atoms with van der Waals surface area (Å²) < 4.78 is 78.4. The zero-order valence-corrected chi connectivity index (χ0v) is 22.6. The highest BCUT2D eigenvalue weighted by Crippen LogP contribution is 2.41. The molecular formula is C23H18BrCl3F6N2O2. The van der Waals surface area contributed by atoms with Gasteiger partial charge >= 0.3 is 12.4 Å². The van der Waals surface area contributed by atoms with Crippen LogP contribution in [0.15, 0.2) is 40.9 Å². The van der Waals surface area contributed by atoms with Crippen LogP contribution in [0.5, 0.6) is 0 Å². The van der Waals surface area contributed by atoms with Gasteiger partial charge in [-0.15, -0.1) is 0 Å². The van der Waals surface area contributed by atoms with E-state index in [2.05, 4.69) is 21.2 Å². The van der Waals surface area contributed by atoms with Crippen LogP contribution >= 0.6 is 50.7 Å². The highest BCUT2D eigenvalue weighted by Gasteiger charge is 2.39. The number of hydrogen-bond acceptors (Lipinski definition) is 2. The summed E-state index contributed by atoms with van der Waals surface area (Å²) in [5, 5.41) is 3.69. The predicted molar refractivity (Wildman–Crippen MR) is 134 cm³/mol. The molecule has 37 heavy (non-hydrogen) atoms. The number of halogens is 10. The van der Waals surface area contributed by atoms with Crippen LogP contribution in [0.25, 0.3) is 6.08 Å². The SMILES string of the molecule is CCC(NC(=O)c1ccc(/C=C/C(c2cc(Cl)c(Cl)c(Cl)c2)C(F)(F)F)cc1Br)C(=O)NCC(F)(F)F. The lowest BCUT2D eigenvalue weighted by atomic mass is 9.97. The van der Waals surface area contributed by atoms with Crippen molar-refractivity contribution < 1.29 is 35.9 Å². The second-order valence-electron chi connectivity index (χ2n) is 7.68. The summed E-state index contributed by atoms with van der Waals surface area (Å²) in [6.07, 6.45) is -7.21. The van der Waals surface area contributed by atoms with Gasteiger partial charge in [0.1, 0.15) is 12.6 Å². The van der Waals surface area contributed by atoms with Crippen molar-refractivity contribution in [2.45, 2.75) is 37.7 Å². The number of hydrogen-bond donors (Lipinski definition) is 2. The maximum atomic E-state index is 13.7. The molecule has 0 aliphatic rings. The second kappa shape index (κ2) is 12.7. The molecule has 2 unspecified atom stereocenters. The summed E-state index contributed by atoms with van der Waals surface area (Å²) in [6, 6.07) is 4.92. The number of benzene rings is 2. The van der Waals surface area contributed by atoms with Crippen LogP contribution in [-0.2, 0) is 4.79 Å². The molecule has 2 amide bonds.